The van der Waals surface area contributed by atoms with Gasteiger partial charge in [0.25, 0.3) is 5.91 Å². The summed E-state index contributed by atoms with van der Waals surface area (Å²) in [5, 5.41) is 7.62. The first-order chi connectivity index (χ1) is 13.3. The molecular weight excluding hydrogens is 361 g/mol. The van der Waals surface area contributed by atoms with E-state index in [0.717, 1.165) is 5.52 Å². The van der Waals surface area contributed by atoms with E-state index in [2.05, 4.69) is 10.4 Å². The fourth-order valence-electron chi connectivity index (χ4n) is 2.95. The number of ketones is 1. The van der Waals surface area contributed by atoms with Crippen LogP contribution in [0.15, 0.2) is 36.4 Å². The number of fused-ring (bicyclic) bond motifs is 1. The summed E-state index contributed by atoms with van der Waals surface area (Å²) < 4.78 is 21.4. The number of carbonyl (C=O) groups excluding carboxylic acids is 2. The van der Waals surface area contributed by atoms with Gasteiger partial charge in [0.1, 0.15) is 17.3 Å². The number of para-hydroxylation sites is 1. The standard InChI is InChI=1S/C21H22FN3O3/c1-12(2)18(26)9-13-10-19(28-4)16(11-15(13)22)23-21(27)20-14-7-5-6-8-17(14)25(3)24-20/h5-8,10-12H,9H2,1-4H3,(H,23,27). The zero-order valence-electron chi connectivity index (χ0n) is 16.2. The number of benzene rings is 2. The van der Waals surface area contributed by atoms with Gasteiger partial charge in [-0.15, -0.1) is 0 Å². The molecule has 6 nitrogen and oxygen atoms in total. The van der Waals surface area contributed by atoms with Crippen molar-refractivity contribution in [2.75, 3.05) is 12.4 Å². The van der Waals surface area contributed by atoms with E-state index in [1.807, 2.05) is 18.2 Å². The Morgan fingerprint density at radius 1 is 1.25 bits per heavy atom. The largest absolute Gasteiger partial charge is 0.495 e. The number of methoxy groups -OCH3 is 1. The Morgan fingerprint density at radius 2 is 1.96 bits per heavy atom. The van der Waals surface area contributed by atoms with Crippen molar-refractivity contribution in [1.82, 2.24) is 9.78 Å². The van der Waals surface area contributed by atoms with Gasteiger partial charge in [0.15, 0.2) is 5.69 Å². The third-order valence-electron chi connectivity index (χ3n) is 4.60. The van der Waals surface area contributed by atoms with Crippen LogP contribution in [0, 0.1) is 11.7 Å². The lowest BCUT2D eigenvalue weighted by molar-refractivity contribution is -0.121. The number of aromatic nitrogens is 2. The Kier molecular flexibility index (Phi) is 5.44. The molecule has 1 amide bonds. The topological polar surface area (TPSA) is 73.2 Å². The fourth-order valence-corrected chi connectivity index (χ4v) is 2.95. The Hall–Kier alpha value is -3.22. The van der Waals surface area contributed by atoms with Crippen molar-refractivity contribution in [3.63, 3.8) is 0 Å². The van der Waals surface area contributed by atoms with Gasteiger partial charge in [-0.3, -0.25) is 14.3 Å². The molecular formula is C21H22FN3O3. The number of halogens is 1. The Labute approximate surface area is 162 Å². The lowest BCUT2D eigenvalue weighted by atomic mass is 10.00. The summed E-state index contributed by atoms with van der Waals surface area (Å²) in [5.74, 6) is -1.03. The zero-order chi connectivity index (χ0) is 20.4. The molecule has 0 aliphatic rings. The minimum atomic E-state index is -0.573. The molecule has 0 fully saturated rings. The van der Waals surface area contributed by atoms with Crippen molar-refractivity contribution in [1.29, 1.82) is 0 Å². The van der Waals surface area contributed by atoms with Gasteiger partial charge >= 0.3 is 0 Å². The van der Waals surface area contributed by atoms with Crippen molar-refractivity contribution in [3.8, 4) is 5.75 Å². The van der Waals surface area contributed by atoms with E-state index in [4.69, 9.17) is 4.74 Å². The van der Waals surface area contributed by atoms with Crippen LogP contribution in [0.5, 0.6) is 5.75 Å². The molecule has 1 heterocycles. The van der Waals surface area contributed by atoms with Crippen LogP contribution in [0.4, 0.5) is 10.1 Å². The summed E-state index contributed by atoms with van der Waals surface area (Å²) in [6.07, 6.45) is -0.0288. The van der Waals surface area contributed by atoms with E-state index >= 15 is 0 Å². The van der Waals surface area contributed by atoms with Gasteiger partial charge in [0, 0.05) is 30.8 Å². The molecule has 1 aromatic heterocycles. The Balaban J connectivity index is 1.92. The van der Waals surface area contributed by atoms with Gasteiger partial charge in [-0.1, -0.05) is 32.0 Å². The molecule has 3 rings (SSSR count). The number of anilines is 1. The maximum atomic E-state index is 14.5. The number of carbonyl (C=O) groups is 2. The van der Waals surface area contributed by atoms with E-state index in [9.17, 15) is 14.0 Å². The van der Waals surface area contributed by atoms with E-state index < -0.39 is 11.7 Å². The molecule has 0 unspecified atom stereocenters. The Morgan fingerprint density at radius 3 is 2.64 bits per heavy atom. The van der Waals surface area contributed by atoms with E-state index in [0.29, 0.717) is 5.39 Å². The summed E-state index contributed by atoms with van der Waals surface area (Å²) in [6.45, 7) is 3.53. The highest BCUT2D eigenvalue weighted by molar-refractivity contribution is 6.11. The number of aryl methyl sites for hydroxylation is 1. The molecule has 0 atom stereocenters. The fraction of sp³-hybridized carbons (Fsp3) is 0.286. The first-order valence-corrected chi connectivity index (χ1v) is 8.94. The van der Waals surface area contributed by atoms with Crippen molar-refractivity contribution in [3.05, 3.63) is 53.5 Å². The van der Waals surface area contributed by atoms with E-state index in [1.165, 1.54) is 19.2 Å². The third kappa shape index (κ3) is 3.74. The molecule has 2 aromatic carbocycles. The molecule has 0 aliphatic heterocycles. The number of nitrogens with zero attached hydrogens (tertiary/aromatic N) is 2. The molecule has 3 aromatic rings. The van der Waals surface area contributed by atoms with Gasteiger partial charge in [-0.25, -0.2) is 4.39 Å². The predicted octanol–water partition coefficient (Wildman–Crippen LogP) is 3.74. The van der Waals surface area contributed by atoms with Crippen LogP contribution in [0.2, 0.25) is 0 Å². The average Bonchev–Trinajstić information content (AvgIpc) is 3.01. The van der Waals surface area contributed by atoms with Crippen molar-refractivity contribution in [2.45, 2.75) is 20.3 Å². The molecule has 0 aliphatic carbocycles. The number of amides is 1. The van der Waals surface area contributed by atoms with Crippen LogP contribution < -0.4 is 10.1 Å². The van der Waals surface area contributed by atoms with Gasteiger partial charge in [0.05, 0.1) is 18.3 Å². The van der Waals surface area contributed by atoms with Gasteiger partial charge < -0.3 is 10.1 Å². The SMILES string of the molecule is COc1cc(CC(=O)C(C)C)c(F)cc1NC(=O)c1nn(C)c2ccccc12. The summed E-state index contributed by atoms with van der Waals surface area (Å²) in [7, 11) is 3.17. The maximum Gasteiger partial charge on any atom is 0.276 e. The van der Waals surface area contributed by atoms with Crippen LogP contribution in [0.3, 0.4) is 0 Å². The second-order valence-corrected chi connectivity index (χ2v) is 6.89. The first-order valence-electron chi connectivity index (χ1n) is 8.94. The van der Waals surface area contributed by atoms with Gasteiger partial charge in [-0.05, 0) is 17.7 Å². The molecule has 1 N–H and O–H groups in total. The number of hydrogen-bond acceptors (Lipinski definition) is 4. The first kappa shape index (κ1) is 19.5. The lowest BCUT2D eigenvalue weighted by Crippen LogP contribution is -2.15. The summed E-state index contributed by atoms with van der Waals surface area (Å²) in [6, 6.07) is 9.96. The number of Topliss-reactive ketones (excluding diaryl/α,β-unsaturated/α-hetero) is 1. The smallest absolute Gasteiger partial charge is 0.276 e. The highest BCUT2D eigenvalue weighted by atomic mass is 19.1. The molecule has 0 bridgehead atoms. The predicted molar refractivity (Wildman–Crippen MR) is 105 cm³/mol. The normalized spacial score (nSPS) is 11.1. The van der Waals surface area contributed by atoms with Crippen molar-refractivity contribution >= 4 is 28.3 Å². The number of nitrogens with one attached hydrogen (secondary N) is 1. The maximum absolute atomic E-state index is 14.5. The molecule has 0 radical (unpaired) electrons. The van der Waals surface area contributed by atoms with Crippen LogP contribution in [0.25, 0.3) is 10.9 Å². The third-order valence-corrected chi connectivity index (χ3v) is 4.60. The van der Waals surface area contributed by atoms with E-state index in [1.54, 1.807) is 31.6 Å². The van der Waals surface area contributed by atoms with Crippen molar-refractivity contribution < 1.29 is 18.7 Å². The van der Waals surface area contributed by atoms with Crippen LogP contribution in [-0.2, 0) is 18.3 Å². The molecule has 28 heavy (non-hydrogen) atoms. The summed E-state index contributed by atoms with van der Waals surface area (Å²) >= 11 is 0. The van der Waals surface area contributed by atoms with Crippen LogP contribution in [-0.4, -0.2) is 28.6 Å². The highest BCUT2D eigenvalue weighted by Gasteiger charge is 2.20. The number of ether oxygens (including phenoxy) is 1. The van der Waals surface area contributed by atoms with Crippen LogP contribution >= 0.6 is 0 Å². The minimum absolute atomic E-state index is 0.0288. The number of rotatable bonds is 6. The quantitative estimate of drug-likeness (QED) is 0.704. The zero-order valence-corrected chi connectivity index (χ0v) is 16.2. The van der Waals surface area contributed by atoms with Gasteiger partial charge in [-0.2, -0.15) is 5.10 Å². The lowest BCUT2D eigenvalue weighted by Gasteiger charge is -2.13. The number of hydrogen-bond donors (Lipinski definition) is 1. The molecule has 0 saturated heterocycles. The highest BCUT2D eigenvalue weighted by Crippen LogP contribution is 2.29. The van der Waals surface area contributed by atoms with Crippen molar-refractivity contribution in [2.24, 2.45) is 13.0 Å². The van der Waals surface area contributed by atoms with E-state index in [-0.39, 0.29) is 40.8 Å². The molecule has 0 spiro atoms. The Bertz CT molecular complexity index is 1060. The van der Waals surface area contributed by atoms with Crippen LogP contribution in [0.1, 0.15) is 29.9 Å². The second kappa shape index (κ2) is 7.80. The second-order valence-electron chi connectivity index (χ2n) is 6.89. The minimum Gasteiger partial charge on any atom is -0.495 e. The van der Waals surface area contributed by atoms with Gasteiger partial charge in [0.2, 0.25) is 0 Å². The molecule has 7 heteroatoms. The summed E-state index contributed by atoms with van der Waals surface area (Å²) in [4.78, 5) is 24.7. The molecule has 0 saturated carbocycles. The molecule has 146 valence electrons. The monoisotopic (exact) mass is 383 g/mol. The summed E-state index contributed by atoms with van der Waals surface area (Å²) in [5.41, 5.74) is 1.46. The average molecular weight is 383 g/mol.